The van der Waals surface area contributed by atoms with Crippen LogP contribution in [0.5, 0.6) is 0 Å². The van der Waals surface area contributed by atoms with E-state index in [2.05, 4.69) is 10.6 Å². The molecule has 1 rings (SSSR count). The molecule has 0 radical (unpaired) electrons. The highest BCUT2D eigenvalue weighted by Crippen LogP contribution is 2.28. The molecule has 0 spiro atoms. The average Bonchev–Trinajstić information content (AvgIpc) is 2.87. The van der Waals surface area contributed by atoms with E-state index in [0.717, 1.165) is 0 Å². The van der Waals surface area contributed by atoms with Crippen LogP contribution in [0.4, 0.5) is 0 Å². The van der Waals surface area contributed by atoms with Crippen molar-refractivity contribution in [1.29, 1.82) is 0 Å². The lowest BCUT2D eigenvalue weighted by atomic mass is 9.92. The van der Waals surface area contributed by atoms with E-state index in [4.69, 9.17) is 14.2 Å². The molecule has 0 aromatic rings. The molecule has 136 valence electrons. The Bertz CT molecular complexity index is 461. The molecule has 1 aliphatic heterocycles. The number of esters is 1. The van der Waals surface area contributed by atoms with Crippen molar-refractivity contribution < 1.29 is 28.6 Å². The molecule has 0 aromatic heterocycles. The number of hydrogen-bond donors (Lipinski definition) is 2. The second kappa shape index (κ2) is 9.63. The van der Waals surface area contributed by atoms with E-state index in [1.54, 1.807) is 6.92 Å². The lowest BCUT2D eigenvalue weighted by molar-refractivity contribution is -0.161. The van der Waals surface area contributed by atoms with Crippen molar-refractivity contribution in [2.45, 2.75) is 63.5 Å². The van der Waals surface area contributed by atoms with Gasteiger partial charge in [0.15, 0.2) is 6.10 Å². The fourth-order valence-electron chi connectivity index (χ4n) is 2.62. The highest BCUT2D eigenvalue weighted by molar-refractivity contribution is 6.11. The van der Waals surface area contributed by atoms with E-state index in [0.29, 0.717) is 6.42 Å². The van der Waals surface area contributed by atoms with E-state index in [-0.39, 0.29) is 36.8 Å². The molecule has 1 fully saturated rings. The molecule has 1 saturated heterocycles. The Kier molecular flexibility index (Phi) is 8.20. The van der Waals surface area contributed by atoms with Gasteiger partial charge in [0.05, 0.1) is 18.5 Å². The van der Waals surface area contributed by atoms with E-state index in [9.17, 15) is 14.4 Å². The van der Waals surface area contributed by atoms with Gasteiger partial charge in [0.1, 0.15) is 20.1 Å². The molecule has 2 unspecified atom stereocenters. The van der Waals surface area contributed by atoms with Gasteiger partial charge in [-0.2, -0.15) is 0 Å². The van der Waals surface area contributed by atoms with Crippen molar-refractivity contribution in [3.05, 3.63) is 0 Å². The zero-order chi connectivity index (χ0) is 18.3. The minimum absolute atomic E-state index is 0.0152. The summed E-state index contributed by atoms with van der Waals surface area (Å²) in [5.41, 5.74) is 0. The summed E-state index contributed by atoms with van der Waals surface area (Å²) in [6.07, 6.45) is -1.43. The van der Waals surface area contributed by atoms with Crippen molar-refractivity contribution in [2.24, 2.45) is 0 Å². The van der Waals surface area contributed by atoms with Gasteiger partial charge in [0, 0.05) is 20.5 Å². The Hall–Kier alpha value is -1.61. The van der Waals surface area contributed by atoms with Crippen molar-refractivity contribution in [1.82, 2.24) is 10.6 Å². The molecular weight excluding hydrogens is 315 g/mol. The Balaban J connectivity index is 2.71. The van der Waals surface area contributed by atoms with Gasteiger partial charge in [-0.15, -0.1) is 0 Å². The van der Waals surface area contributed by atoms with Gasteiger partial charge in [-0.1, -0.05) is 6.92 Å². The third-order valence-corrected chi connectivity index (χ3v) is 4.02. The van der Waals surface area contributed by atoms with Gasteiger partial charge in [0.25, 0.3) is 0 Å². The summed E-state index contributed by atoms with van der Waals surface area (Å²) in [5, 5.41) is 4.97. The fourth-order valence-corrected chi connectivity index (χ4v) is 2.62. The summed E-state index contributed by atoms with van der Waals surface area (Å²) < 4.78 is 17.1. The lowest BCUT2D eigenvalue weighted by Crippen LogP contribution is -2.44. The van der Waals surface area contributed by atoms with Crippen LogP contribution in [0.15, 0.2) is 0 Å². The van der Waals surface area contributed by atoms with Crippen LogP contribution >= 0.6 is 0 Å². The largest absolute Gasteiger partial charge is 0.457 e. The molecule has 8 nitrogen and oxygen atoms in total. The summed E-state index contributed by atoms with van der Waals surface area (Å²) >= 11 is 0. The van der Waals surface area contributed by atoms with Crippen LogP contribution < -0.4 is 10.6 Å². The number of ether oxygens (including phenoxy) is 3. The Labute approximate surface area is 143 Å². The predicted octanol–water partition coefficient (Wildman–Crippen LogP) is -1.29. The minimum Gasteiger partial charge on any atom is -0.457 e. The number of likely N-dealkylation sites (N-methyl/N-ethyl adjacent to an activating group) is 1. The van der Waals surface area contributed by atoms with Crippen LogP contribution in [-0.4, -0.2) is 70.1 Å². The van der Waals surface area contributed by atoms with E-state index in [1.807, 2.05) is 14.8 Å². The number of nitrogens with one attached hydrogen (secondary N) is 2. The zero-order valence-electron chi connectivity index (χ0n) is 15.0. The van der Waals surface area contributed by atoms with Crippen molar-refractivity contribution >= 4 is 25.6 Å². The molecule has 0 saturated carbocycles. The Morgan fingerprint density at radius 2 is 1.83 bits per heavy atom. The van der Waals surface area contributed by atoms with E-state index >= 15 is 0 Å². The van der Waals surface area contributed by atoms with Gasteiger partial charge in [-0.05, 0) is 13.3 Å². The average molecular weight is 342 g/mol. The highest BCUT2D eigenvalue weighted by atomic mass is 16.6. The smallest absolute Gasteiger partial charge is 0.306 e. The first-order chi connectivity index (χ1) is 11.3. The SMILES string of the molecule is B[C@@H]1O[C@H](CC)C(OC(=O)CCC(=O)NC)[C@@H]1OC(C)C(=O)NC. The molecule has 2 amide bonds. The van der Waals surface area contributed by atoms with Crippen molar-refractivity contribution in [3.8, 4) is 0 Å². The molecule has 9 heteroatoms. The number of carbonyl (C=O) groups is 3. The van der Waals surface area contributed by atoms with Gasteiger partial charge >= 0.3 is 5.97 Å². The molecule has 5 atom stereocenters. The summed E-state index contributed by atoms with van der Waals surface area (Å²) in [6, 6.07) is -0.307. The monoisotopic (exact) mass is 342 g/mol. The quantitative estimate of drug-likeness (QED) is 0.420. The van der Waals surface area contributed by atoms with Crippen LogP contribution in [0.25, 0.3) is 0 Å². The second-order valence-corrected chi connectivity index (χ2v) is 5.77. The summed E-state index contributed by atoms with van der Waals surface area (Å²) in [7, 11) is 4.86. The first-order valence-electron chi connectivity index (χ1n) is 8.26. The number of carbonyl (C=O) groups excluding carboxylic acids is 3. The van der Waals surface area contributed by atoms with E-state index in [1.165, 1.54) is 14.1 Å². The molecule has 2 N–H and O–H groups in total. The minimum atomic E-state index is -0.686. The van der Waals surface area contributed by atoms with Gasteiger partial charge in [0.2, 0.25) is 11.8 Å². The summed E-state index contributed by atoms with van der Waals surface area (Å²) in [5.74, 6) is -0.969. The van der Waals surface area contributed by atoms with Crippen molar-refractivity contribution in [3.63, 3.8) is 0 Å². The first kappa shape index (κ1) is 20.4. The number of hydrogen-bond acceptors (Lipinski definition) is 6. The lowest BCUT2D eigenvalue weighted by Gasteiger charge is -2.26. The standard InChI is InChI=1S/C15H27BN2O6/c1-5-9-12(24-11(20)7-6-10(19)17-3)13(14(16)23-9)22-8(2)15(21)18-4/h8-9,12-14H,5-7,16H2,1-4H3,(H,17,19)(H,18,21)/t8?,9-,12?,13+,14-/m1/s1. The highest BCUT2D eigenvalue weighted by Gasteiger charge is 2.45. The first-order valence-corrected chi connectivity index (χ1v) is 8.26. The third kappa shape index (κ3) is 5.49. The van der Waals surface area contributed by atoms with Gasteiger partial charge < -0.3 is 24.8 Å². The topological polar surface area (TPSA) is 103 Å². The molecule has 0 aliphatic carbocycles. The summed E-state index contributed by atoms with van der Waals surface area (Å²) in [6.45, 7) is 3.56. The summed E-state index contributed by atoms with van der Waals surface area (Å²) in [4.78, 5) is 34.9. The number of amides is 2. The van der Waals surface area contributed by atoms with Gasteiger partial charge in [-0.3, -0.25) is 14.4 Å². The van der Waals surface area contributed by atoms with Crippen LogP contribution in [0.1, 0.15) is 33.1 Å². The molecule has 24 heavy (non-hydrogen) atoms. The molecular formula is C15H27BN2O6. The maximum absolute atomic E-state index is 12.0. The Morgan fingerprint density at radius 3 is 2.38 bits per heavy atom. The predicted molar refractivity (Wildman–Crippen MR) is 89.1 cm³/mol. The normalized spacial score (nSPS) is 27.3. The molecule has 0 aromatic carbocycles. The maximum Gasteiger partial charge on any atom is 0.306 e. The van der Waals surface area contributed by atoms with Crippen LogP contribution in [0.3, 0.4) is 0 Å². The molecule has 1 aliphatic rings. The Morgan fingerprint density at radius 1 is 1.17 bits per heavy atom. The van der Waals surface area contributed by atoms with Gasteiger partial charge in [-0.25, -0.2) is 0 Å². The maximum atomic E-state index is 12.0. The molecule has 1 heterocycles. The van der Waals surface area contributed by atoms with Crippen molar-refractivity contribution in [2.75, 3.05) is 14.1 Å². The fraction of sp³-hybridized carbons (Fsp3) is 0.800. The number of rotatable bonds is 8. The zero-order valence-corrected chi connectivity index (χ0v) is 15.0. The molecule has 0 bridgehead atoms. The van der Waals surface area contributed by atoms with Crippen LogP contribution in [0, 0.1) is 0 Å². The van der Waals surface area contributed by atoms with Crippen LogP contribution in [-0.2, 0) is 28.6 Å². The van der Waals surface area contributed by atoms with Crippen LogP contribution in [0.2, 0.25) is 0 Å². The second-order valence-electron chi connectivity index (χ2n) is 5.77. The van der Waals surface area contributed by atoms with E-state index < -0.39 is 24.3 Å². The third-order valence-electron chi connectivity index (χ3n) is 4.02.